The Kier molecular flexibility index (Phi) is 10.2. The van der Waals surface area contributed by atoms with Crippen molar-refractivity contribution in [3.05, 3.63) is 47.5 Å². The van der Waals surface area contributed by atoms with Crippen LogP contribution in [0.2, 0.25) is 0 Å². The van der Waals surface area contributed by atoms with Gasteiger partial charge in [0.15, 0.2) is 12.1 Å². The number of hydrogen-bond acceptors (Lipinski definition) is 15. The van der Waals surface area contributed by atoms with Crippen molar-refractivity contribution in [3.8, 4) is 23.0 Å². The average molecular weight is 599 g/mol. The zero-order valence-corrected chi connectivity index (χ0v) is 22.1. The molecule has 0 amide bonds. The topological polar surface area (TPSA) is 256 Å². The van der Waals surface area contributed by atoms with Crippen LogP contribution in [0.4, 0.5) is 0 Å². The largest absolute Gasteiger partial charge is 0.508 e. The van der Waals surface area contributed by atoms with Crippen LogP contribution >= 0.6 is 0 Å². The molecule has 232 valence electrons. The van der Waals surface area contributed by atoms with Crippen molar-refractivity contribution in [2.75, 3.05) is 13.2 Å². The molecule has 0 unspecified atom stereocenters. The van der Waals surface area contributed by atoms with Gasteiger partial charge in [-0.1, -0.05) is 12.1 Å². The molecule has 2 aromatic rings. The van der Waals surface area contributed by atoms with Crippen LogP contribution in [0.15, 0.2) is 36.4 Å². The summed E-state index contributed by atoms with van der Waals surface area (Å²) in [5.41, 5.74) is 0.365. The first-order chi connectivity index (χ1) is 19.9. The maximum absolute atomic E-state index is 13.1. The number of aliphatic hydroxyl groups is 7. The number of benzene rings is 2. The molecule has 0 spiro atoms. The van der Waals surface area contributed by atoms with Crippen LogP contribution in [-0.4, -0.2) is 131 Å². The van der Waals surface area contributed by atoms with Gasteiger partial charge in [0.05, 0.1) is 13.2 Å². The fraction of sp³-hybridized carbons (Fsp3) is 0.519. The third-order valence-corrected chi connectivity index (χ3v) is 7.11. The molecule has 0 radical (unpaired) electrons. The van der Waals surface area contributed by atoms with E-state index in [2.05, 4.69) is 0 Å². The highest BCUT2D eigenvalue weighted by atomic mass is 16.7. The molecule has 15 nitrogen and oxygen atoms in total. The Morgan fingerprint density at radius 3 is 1.98 bits per heavy atom. The number of carbonyl (C=O) groups excluding carboxylic acids is 1. The molecular formula is C27H34O15. The van der Waals surface area contributed by atoms with Crippen molar-refractivity contribution in [2.45, 2.75) is 74.3 Å². The number of rotatable bonds is 10. The van der Waals surface area contributed by atoms with E-state index in [1.807, 2.05) is 0 Å². The van der Waals surface area contributed by atoms with Gasteiger partial charge in [-0.3, -0.25) is 4.79 Å². The van der Waals surface area contributed by atoms with Crippen molar-refractivity contribution >= 4 is 5.78 Å². The molecule has 0 aliphatic carbocycles. The molecular weight excluding hydrogens is 564 g/mol. The first-order valence-electron chi connectivity index (χ1n) is 13.1. The molecule has 2 aliphatic rings. The van der Waals surface area contributed by atoms with E-state index in [1.54, 1.807) is 12.1 Å². The number of aromatic hydroxyl groups is 3. The molecule has 2 aliphatic heterocycles. The standard InChI is InChI=1S/C27H34O15/c28-9-17-20(33)22(35)24(37)26(41-17)39-10-18-21(34)23(36)25(38)27(42-18)40-16-8-13(30)7-15(32)19(16)14(31)6-3-11-1-4-12(29)5-2-11/h1-2,4-5,7-8,17-18,20-30,32-38H,3,6,9-10H2/t17-,18-,20-,21-,22+,23+,24-,25-,26+,27-/m1/s1. The first-order valence-corrected chi connectivity index (χ1v) is 13.1. The van der Waals surface area contributed by atoms with Crippen LogP contribution in [0.3, 0.4) is 0 Å². The molecule has 4 rings (SSSR count). The molecule has 10 N–H and O–H groups in total. The van der Waals surface area contributed by atoms with Crippen LogP contribution in [0, 0.1) is 0 Å². The minimum atomic E-state index is -1.88. The third-order valence-electron chi connectivity index (χ3n) is 7.11. The number of aliphatic hydroxyl groups excluding tert-OH is 7. The maximum Gasteiger partial charge on any atom is 0.229 e. The van der Waals surface area contributed by atoms with E-state index in [0.29, 0.717) is 5.56 Å². The van der Waals surface area contributed by atoms with Gasteiger partial charge in [0.1, 0.15) is 77.4 Å². The second-order valence-corrected chi connectivity index (χ2v) is 10.1. The van der Waals surface area contributed by atoms with Crippen molar-refractivity contribution in [1.82, 2.24) is 0 Å². The van der Waals surface area contributed by atoms with Gasteiger partial charge in [0.2, 0.25) is 6.29 Å². The summed E-state index contributed by atoms with van der Waals surface area (Å²) in [7, 11) is 0. The molecule has 42 heavy (non-hydrogen) atoms. The predicted octanol–water partition coefficient (Wildman–Crippen LogP) is -2.38. The molecule has 0 bridgehead atoms. The third kappa shape index (κ3) is 6.92. The van der Waals surface area contributed by atoms with Crippen LogP contribution in [0.25, 0.3) is 0 Å². The molecule has 2 saturated heterocycles. The Hall–Kier alpha value is -3.09. The van der Waals surface area contributed by atoms with Crippen LogP contribution in [0.5, 0.6) is 23.0 Å². The van der Waals surface area contributed by atoms with Gasteiger partial charge < -0.3 is 70.0 Å². The Morgan fingerprint density at radius 2 is 1.33 bits per heavy atom. The number of ether oxygens (including phenoxy) is 4. The lowest BCUT2D eigenvalue weighted by molar-refractivity contribution is -0.323. The summed E-state index contributed by atoms with van der Waals surface area (Å²) in [5.74, 6) is -2.08. The van der Waals surface area contributed by atoms with Gasteiger partial charge in [-0.25, -0.2) is 0 Å². The monoisotopic (exact) mass is 598 g/mol. The van der Waals surface area contributed by atoms with Crippen molar-refractivity contribution < 1.29 is 74.8 Å². The number of hydrogen-bond donors (Lipinski definition) is 10. The Morgan fingerprint density at radius 1 is 0.738 bits per heavy atom. The predicted molar refractivity (Wildman–Crippen MR) is 138 cm³/mol. The number of phenolic OH excluding ortho intramolecular Hbond substituents is 3. The summed E-state index contributed by atoms with van der Waals surface area (Å²) in [4.78, 5) is 13.1. The molecule has 2 heterocycles. The highest BCUT2D eigenvalue weighted by molar-refractivity contribution is 6.01. The summed E-state index contributed by atoms with van der Waals surface area (Å²) >= 11 is 0. The zero-order chi connectivity index (χ0) is 30.7. The lowest BCUT2D eigenvalue weighted by Crippen LogP contribution is -2.62. The summed E-state index contributed by atoms with van der Waals surface area (Å²) in [6.45, 7) is -1.32. The van der Waals surface area contributed by atoms with E-state index in [-0.39, 0.29) is 24.2 Å². The smallest absolute Gasteiger partial charge is 0.229 e. The number of carbonyl (C=O) groups is 1. The molecule has 2 aromatic carbocycles. The number of phenols is 3. The normalized spacial score (nSPS) is 33.3. The van der Waals surface area contributed by atoms with Gasteiger partial charge >= 0.3 is 0 Å². The van der Waals surface area contributed by atoms with E-state index in [0.717, 1.165) is 12.1 Å². The Bertz CT molecular complexity index is 1200. The van der Waals surface area contributed by atoms with Crippen LogP contribution in [-0.2, 0) is 20.6 Å². The Balaban J connectivity index is 1.48. The molecule has 15 heteroatoms. The van der Waals surface area contributed by atoms with Gasteiger partial charge in [0, 0.05) is 18.6 Å². The fourth-order valence-electron chi connectivity index (χ4n) is 4.68. The highest BCUT2D eigenvalue weighted by Gasteiger charge is 2.48. The van der Waals surface area contributed by atoms with Crippen LogP contribution in [0.1, 0.15) is 22.3 Å². The van der Waals surface area contributed by atoms with E-state index in [1.165, 1.54) is 12.1 Å². The average Bonchev–Trinajstić information content (AvgIpc) is 2.95. The first kappa shape index (κ1) is 31.8. The molecule has 10 atom stereocenters. The van der Waals surface area contributed by atoms with Crippen molar-refractivity contribution in [1.29, 1.82) is 0 Å². The van der Waals surface area contributed by atoms with E-state index < -0.39 is 97.7 Å². The second-order valence-electron chi connectivity index (χ2n) is 10.1. The maximum atomic E-state index is 13.1. The SMILES string of the molecule is O=C(CCc1ccc(O)cc1)c1c(O)cc(O)cc1O[C@@H]1O[C@H](CO[C@H]2O[C@H](CO)[C@@H](O)[C@H](O)[C@H]2O)[C@@H](O)[C@H](O)[C@H]1O. The summed E-state index contributed by atoms with van der Waals surface area (Å²) in [6.07, 6.45) is -16.6. The van der Waals surface area contributed by atoms with Gasteiger partial charge in [-0.05, 0) is 24.1 Å². The summed E-state index contributed by atoms with van der Waals surface area (Å²) in [5, 5.41) is 101. The number of Topliss-reactive ketones (excluding diaryl/α,β-unsaturated/α-hetero) is 1. The van der Waals surface area contributed by atoms with Gasteiger partial charge in [-0.15, -0.1) is 0 Å². The lowest BCUT2D eigenvalue weighted by atomic mass is 9.98. The van der Waals surface area contributed by atoms with Crippen molar-refractivity contribution in [2.24, 2.45) is 0 Å². The summed E-state index contributed by atoms with van der Waals surface area (Å²) < 4.78 is 21.8. The highest BCUT2D eigenvalue weighted by Crippen LogP contribution is 2.36. The van der Waals surface area contributed by atoms with Gasteiger partial charge in [0.25, 0.3) is 0 Å². The minimum Gasteiger partial charge on any atom is -0.508 e. The molecule has 2 fully saturated rings. The fourth-order valence-corrected chi connectivity index (χ4v) is 4.68. The Labute approximate surface area is 239 Å². The van der Waals surface area contributed by atoms with E-state index in [4.69, 9.17) is 18.9 Å². The van der Waals surface area contributed by atoms with E-state index >= 15 is 0 Å². The number of ketones is 1. The van der Waals surface area contributed by atoms with Crippen LogP contribution < -0.4 is 4.74 Å². The van der Waals surface area contributed by atoms with Gasteiger partial charge in [-0.2, -0.15) is 0 Å². The van der Waals surface area contributed by atoms with Crippen molar-refractivity contribution in [3.63, 3.8) is 0 Å². The minimum absolute atomic E-state index is 0.0483. The lowest BCUT2D eigenvalue weighted by Gasteiger charge is -2.42. The number of aryl methyl sites for hydroxylation is 1. The zero-order valence-electron chi connectivity index (χ0n) is 22.1. The summed E-state index contributed by atoms with van der Waals surface area (Å²) in [6, 6.07) is 8.02. The second kappa shape index (κ2) is 13.5. The molecule has 0 saturated carbocycles. The molecule has 0 aromatic heterocycles. The quantitative estimate of drug-likeness (QED) is 0.128. The van der Waals surface area contributed by atoms with E-state index in [9.17, 15) is 55.9 Å².